The van der Waals surface area contributed by atoms with Gasteiger partial charge in [-0.25, -0.2) is 22.9 Å². The van der Waals surface area contributed by atoms with E-state index >= 15 is 0 Å². The second-order valence-corrected chi connectivity index (χ2v) is 9.93. The van der Waals surface area contributed by atoms with Crippen molar-refractivity contribution in [3.8, 4) is 16.9 Å². The average molecular weight is 521 g/mol. The number of benzene rings is 3. The third kappa shape index (κ3) is 4.46. The molecule has 2 aliphatic rings. The minimum Gasteiger partial charge on any atom is -0.491 e. The number of aryl methyl sites for hydroxylation is 1. The van der Waals surface area contributed by atoms with Crippen LogP contribution in [0.1, 0.15) is 42.3 Å². The molecule has 1 aromatic heterocycles. The maximum Gasteiger partial charge on any atom is 0.320 e. The van der Waals surface area contributed by atoms with Crippen molar-refractivity contribution in [2.45, 2.75) is 38.8 Å². The van der Waals surface area contributed by atoms with Crippen LogP contribution in [0, 0.1) is 24.4 Å². The maximum absolute atomic E-state index is 14.0. The number of nitrogens with one attached hydrogen (secondary N) is 1. The summed E-state index contributed by atoms with van der Waals surface area (Å²) in [5.74, 6) is -2.41. The molecule has 2 amide bonds. The number of amides is 2. The highest BCUT2D eigenvalue weighted by Crippen LogP contribution is 2.35. The number of ether oxygens (including phenoxy) is 1. The van der Waals surface area contributed by atoms with Crippen LogP contribution >= 0.6 is 0 Å². The molecular weight excluding hydrogens is 493 g/mol. The van der Waals surface area contributed by atoms with Crippen LogP contribution in [-0.2, 0) is 6.54 Å². The molecule has 0 spiro atoms. The summed E-state index contributed by atoms with van der Waals surface area (Å²) in [4.78, 5) is 24.9. The van der Waals surface area contributed by atoms with Gasteiger partial charge in [-0.2, -0.15) is 0 Å². The normalized spacial score (nSPS) is 17.7. The Morgan fingerprint density at radius 3 is 2.58 bits per heavy atom. The fraction of sp³-hybridized carbons (Fsp3) is 0.310. The number of halogens is 3. The van der Waals surface area contributed by atoms with Crippen LogP contribution in [-0.4, -0.2) is 45.5 Å². The van der Waals surface area contributed by atoms with Gasteiger partial charge in [-0.3, -0.25) is 0 Å². The van der Waals surface area contributed by atoms with Gasteiger partial charge in [0.15, 0.2) is 17.5 Å². The fourth-order valence-electron chi connectivity index (χ4n) is 5.51. The van der Waals surface area contributed by atoms with Gasteiger partial charge in [-0.15, -0.1) is 0 Å². The Morgan fingerprint density at radius 2 is 1.76 bits per heavy atom. The zero-order chi connectivity index (χ0) is 26.4. The lowest BCUT2D eigenvalue weighted by molar-refractivity contribution is 0.110. The van der Waals surface area contributed by atoms with E-state index in [2.05, 4.69) is 16.0 Å². The smallest absolute Gasteiger partial charge is 0.320 e. The molecule has 1 unspecified atom stereocenters. The highest BCUT2D eigenvalue weighted by Gasteiger charge is 2.33. The molecule has 1 fully saturated rings. The summed E-state index contributed by atoms with van der Waals surface area (Å²) in [7, 11) is 0. The van der Waals surface area contributed by atoms with Crippen molar-refractivity contribution in [1.29, 1.82) is 0 Å². The van der Waals surface area contributed by atoms with E-state index in [1.165, 1.54) is 0 Å². The minimum atomic E-state index is -1.50. The molecule has 196 valence electrons. The van der Waals surface area contributed by atoms with Crippen molar-refractivity contribution in [2.24, 2.45) is 0 Å². The summed E-state index contributed by atoms with van der Waals surface area (Å²) in [5.41, 5.74) is 5.01. The third-order valence-corrected chi connectivity index (χ3v) is 7.38. The van der Waals surface area contributed by atoms with Gasteiger partial charge >= 0.3 is 6.03 Å². The quantitative estimate of drug-likeness (QED) is 0.307. The van der Waals surface area contributed by atoms with Crippen LogP contribution in [0.5, 0.6) is 5.75 Å². The van der Waals surface area contributed by atoms with Gasteiger partial charge in [0.2, 0.25) is 0 Å². The highest BCUT2D eigenvalue weighted by atomic mass is 19.2. The number of piperidine rings is 1. The van der Waals surface area contributed by atoms with Crippen molar-refractivity contribution < 1.29 is 22.7 Å². The molecule has 38 heavy (non-hydrogen) atoms. The molecule has 0 aliphatic carbocycles. The molecule has 6 nitrogen and oxygen atoms in total. The van der Waals surface area contributed by atoms with E-state index < -0.39 is 23.5 Å². The molecule has 4 aromatic rings. The Bertz CT molecular complexity index is 1510. The van der Waals surface area contributed by atoms with E-state index in [0.29, 0.717) is 32.7 Å². The molecule has 2 aliphatic heterocycles. The standard InChI is InChI=1S/C29H27F3N4O2/c1-17-33-24-7-5-19(15-25(24)34-17)18-6-8-27-21(12-18)16-35(10-11-38-27)29(37)36-9-3-2-4-26(36)20-13-22(30)28(32)23(31)14-20/h5-8,12-15,26H,2-4,9-11,16H2,1H3,(H,33,34). The largest absolute Gasteiger partial charge is 0.491 e. The van der Waals surface area contributed by atoms with Crippen LogP contribution < -0.4 is 4.74 Å². The lowest BCUT2D eigenvalue weighted by Crippen LogP contribution is -2.47. The molecule has 6 rings (SSSR count). The Labute approximate surface area is 218 Å². The van der Waals surface area contributed by atoms with Crippen LogP contribution in [0.2, 0.25) is 0 Å². The predicted molar refractivity (Wildman–Crippen MR) is 137 cm³/mol. The average Bonchev–Trinajstić information content (AvgIpc) is 3.16. The zero-order valence-corrected chi connectivity index (χ0v) is 20.9. The Kier molecular flexibility index (Phi) is 6.21. The van der Waals surface area contributed by atoms with Gasteiger partial charge in [-0.05, 0) is 79.3 Å². The highest BCUT2D eigenvalue weighted by molar-refractivity contribution is 5.82. The van der Waals surface area contributed by atoms with Gasteiger partial charge in [0.05, 0.1) is 30.2 Å². The Hall–Kier alpha value is -4.01. The molecule has 3 heterocycles. The number of urea groups is 1. The number of carbonyl (C=O) groups is 1. The van der Waals surface area contributed by atoms with Crippen molar-refractivity contribution >= 4 is 17.1 Å². The first-order valence-electron chi connectivity index (χ1n) is 12.8. The molecule has 0 bridgehead atoms. The van der Waals surface area contributed by atoms with Gasteiger partial charge < -0.3 is 19.5 Å². The Morgan fingerprint density at radius 1 is 1.00 bits per heavy atom. The van der Waals surface area contributed by atoms with Crippen molar-refractivity contribution in [3.05, 3.63) is 82.9 Å². The molecule has 9 heteroatoms. The molecule has 1 saturated heterocycles. The summed E-state index contributed by atoms with van der Waals surface area (Å²) < 4.78 is 47.6. The van der Waals surface area contributed by atoms with Gasteiger partial charge in [-0.1, -0.05) is 12.1 Å². The monoisotopic (exact) mass is 520 g/mol. The number of likely N-dealkylation sites (tertiary alicyclic amines) is 1. The number of rotatable bonds is 2. The van der Waals surface area contributed by atoms with Gasteiger partial charge in [0, 0.05) is 12.1 Å². The molecule has 0 saturated carbocycles. The van der Waals surface area contributed by atoms with E-state index in [0.717, 1.165) is 64.3 Å². The lowest BCUT2D eigenvalue weighted by Gasteiger charge is -2.39. The van der Waals surface area contributed by atoms with Gasteiger partial charge in [0.1, 0.15) is 18.2 Å². The molecule has 1 atom stereocenters. The number of carbonyl (C=O) groups excluding carboxylic acids is 1. The first-order valence-corrected chi connectivity index (χ1v) is 12.8. The SMILES string of the molecule is Cc1nc2ccc(-c3ccc4c(c3)CN(C(=O)N3CCCCC3c3cc(F)c(F)c(F)c3)CCO4)cc2[nH]1. The number of nitrogens with zero attached hydrogens (tertiary/aromatic N) is 3. The number of hydrogen-bond donors (Lipinski definition) is 1. The summed E-state index contributed by atoms with van der Waals surface area (Å²) >= 11 is 0. The van der Waals surface area contributed by atoms with Crippen LogP contribution in [0.4, 0.5) is 18.0 Å². The molecule has 0 radical (unpaired) electrons. The number of hydrogen-bond acceptors (Lipinski definition) is 3. The molecule has 1 N–H and O–H groups in total. The first kappa shape index (κ1) is 24.3. The van der Waals surface area contributed by atoms with Crippen LogP contribution in [0.3, 0.4) is 0 Å². The second-order valence-electron chi connectivity index (χ2n) is 9.93. The lowest BCUT2D eigenvalue weighted by atomic mass is 9.95. The zero-order valence-electron chi connectivity index (χ0n) is 20.9. The van der Waals surface area contributed by atoms with E-state index in [1.54, 1.807) is 9.80 Å². The third-order valence-electron chi connectivity index (χ3n) is 7.38. The van der Waals surface area contributed by atoms with Crippen LogP contribution in [0.15, 0.2) is 48.5 Å². The molecule has 3 aromatic carbocycles. The fourth-order valence-corrected chi connectivity index (χ4v) is 5.51. The number of imidazole rings is 1. The number of fused-ring (bicyclic) bond motifs is 2. The topological polar surface area (TPSA) is 61.5 Å². The first-order chi connectivity index (χ1) is 18.4. The summed E-state index contributed by atoms with van der Waals surface area (Å²) in [6.45, 7) is 3.41. The molecular formula is C29H27F3N4O2. The summed E-state index contributed by atoms with van der Waals surface area (Å²) in [5, 5.41) is 0. The van der Waals surface area contributed by atoms with E-state index in [1.807, 2.05) is 37.3 Å². The number of aromatic amines is 1. The van der Waals surface area contributed by atoms with Gasteiger partial charge in [0.25, 0.3) is 0 Å². The van der Waals surface area contributed by atoms with E-state index in [-0.39, 0.29) is 11.6 Å². The number of aromatic nitrogens is 2. The van der Waals surface area contributed by atoms with Crippen molar-refractivity contribution in [1.82, 2.24) is 19.8 Å². The number of H-pyrrole nitrogens is 1. The predicted octanol–water partition coefficient (Wildman–Crippen LogP) is 6.50. The minimum absolute atomic E-state index is 0.226. The van der Waals surface area contributed by atoms with E-state index in [4.69, 9.17) is 4.74 Å². The second kappa shape index (κ2) is 9.70. The summed E-state index contributed by atoms with van der Waals surface area (Å²) in [6.07, 6.45) is 2.15. The summed E-state index contributed by atoms with van der Waals surface area (Å²) in [6, 6.07) is 13.2. The van der Waals surface area contributed by atoms with Crippen molar-refractivity contribution in [3.63, 3.8) is 0 Å². The maximum atomic E-state index is 14.0. The van der Waals surface area contributed by atoms with Crippen LogP contribution in [0.25, 0.3) is 22.2 Å². The van der Waals surface area contributed by atoms with Crippen molar-refractivity contribution in [2.75, 3.05) is 19.7 Å². The van der Waals surface area contributed by atoms with E-state index in [9.17, 15) is 18.0 Å². The Balaban J connectivity index is 1.28.